The van der Waals surface area contributed by atoms with E-state index in [1.54, 1.807) is 51.6 Å². The molecular formula is C75H92O12S3. The van der Waals surface area contributed by atoms with E-state index < -0.39 is 34.7 Å². The van der Waals surface area contributed by atoms with Crippen LogP contribution in [0.15, 0.2) is 124 Å². The van der Waals surface area contributed by atoms with Crippen LogP contribution in [0, 0.1) is 77.0 Å². The summed E-state index contributed by atoms with van der Waals surface area (Å²) < 4.78 is 30.1. The smallest absolute Gasteiger partial charge is 0.350 e. The van der Waals surface area contributed by atoms with Gasteiger partial charge in [-0.05, 0) is 213 Å². The summed E-state index contributed by atoms with van der Waals surface area (Å²) >= 11 is 4.34. The first-order valence-corrected chi connectivity index (χ1v) is 34.0. The molecule has 0 aromatic heterocycles. The van der Waals surface area contributed by atoms with Crippen molar-refractivity contribution in [2.75, 3.05) is 18.1 Å². The largest absolute Gasteiger partial charge is 0.478 e. The summed E-state index contributed by atoms with van der Waals surface area (Å²) in [6.45, 7) is 33.6. The van der Waals surface area contributed by atoms with Gasteiger partial charge in [0.1, 0.15) is 29.1 Å². The quantitative estimate of drug-likeness (QED) is 0.0189. The number of rotatable bonds is 31. The molecule has 0 saturated heterocycles. The first-order chi connectivity index (χ1) is 42.1. The number of carboxylic acids is 1. The Bertz CT molecular complexity index is 3480. The molecule has 0 bridgehead atoms. The Morgan fingerprint density at radius 1 is 0.400 bits per heavy atom. The zero-order valence-electron chi connectivity index (χ0n) is 56.1. The molecule has 482 valence electrons. The van der Waals surface area contributed by atoms with Crippen LogP contribution in [0.25, 0.3) is 0 Å². The van der Waals surface area contributed by atoms with E-state index in [1.807, 2.05) is 153 Å². The van der Waals surface area contributed by atoms with Crippen LogP contribution in [-0.2, 0) is 43.1 Å². The highest BCUT2D eigenvalue weighted by atomic mass is 32.2. The Kier molecular flexibility index (Phi) is 24.9. The molecule has 1 N–H and O–H groups in total. The average molecular weight is 1280 g/mol. The lowest BCUT2D eigenvalue weighted by atomic mass is 9.84. The SMILES string of the molecule is CSc1ccc(C(=O)C(C)C(C)Cc2cc(C)c(OC(C)(C)C(=O)OCSc3ccc(C(=O)C(C)C(C)Cc4cc(C)c(OC(C)(C)C(=O)OCSc5ccc(C(=O)C(C)C(C)Cc6cc(C)c(OC(C)(C)C(=O)O)c(C)c6)cc5)c(C)c4)cc3)c(C)c2)cc1. The highest BCUT2D eigenvalue weighted by molar-refractivity contribution is 7.99. The molecule has 0 fully saturated rings. The van der Waals surface area contributed by atoms with Gasteiger partial charge in [-0.3, -0.25) is 14.4 Å². The number of carbonyl (C=O) groups is 6. The summed E-state index contributed by atoms with van der Waals surface area (Å²) in [5, 5.41) is 9.56. The van der Waals surface area contributed by atoms with Crippen LogP contribution in [0.1, 0.15) is 164 Å². The predicted molar refractivity (Wildman–Crippen MR) is 363 cm³/mol. The van der Waals surface area contributed by atoms with E-state index in [9.17, 15) is 33.9 Å². The summed E-state index contributed by atoms with van der Waals surface area (Å²) in [4.78, 5) is 82.2. The first-order valence-electron chi connectivity index (χ1n) is 30.8. The lowest BCUT2D eigenvalue weighted by Gasteiger charge is -2.27. The summed E-state index contributed by atoms with van der Waals surface area (Å²) in [7, 11) is 0. The van der Waals surface area contributed by atoms with Crippen LogP contribution in [0.5, 0.6) is 17.2 Å². The van der Waals surface area contributed by atoms with Crippen LogP contribution in [0.3, 0.4) is 0 Å². The Labute approximate surface area is 547 Å². The number of thioether (sulfide) groups is 3. The topological polar surface area (TPSA) is 169 Å². The number of ether oxygens (including phenoxy) is 5. The van der Waals surface area contributed by atoms with Gasteiger partial charge in [0.05, 0.1) is 0 Å². The third-order valence-corrected chi connectivity index (χ3v) is 19.5. The molecule has 0 aliphatic heterocycles. The van der Waals surface area contributed by atoms with Crippen LogP contribution >= 0.6 is 35.3 Å². The minimum Gasteiger partial charge on any atom is -0.478 e. The maximum absolute atomic E-state index is 13.8. The number of Topliss-reactive ketones (excluding diaryl/α,β-unsaturated/α-hetero) is 3. The van der Waals surface area contributed by atoms with E-state index in [0.717, 1.165) is 76.7 Å². The van der Waals surface area contributed by atoms with Crippen molar-refractivity contribution in [3.05, 3.63) is 176 Å². The monoisotopic (exact) mass is 1280 g/mol. The van der Waals surface area contributed by atoms with Crippen molar-refractivity contribution < 1.29 is 57.6 Å². The number of hydrogen-bond donors (Lipinski definition) is 1. The van der Waals surface area contributed by atoms with Crippen LogP contribution in [0.4, 0.5) is 0 Å². The molecule has 0 radical (unpaired) electrons. The average Bonchev–Trinajstić information content (AvgIpc) is 1.23. The van der Waals surface area contributed by atoms with Crippen molar-refractivity contribution in [3.63, 3.8) is 0 Å². The maximum Gasteiger partial charge on any atom is 0.350 e. The lowest BCUT2D eigenvalue weighted by molar-refractivity contribution is -0.157. The van der Waals surface area contributed by atoms with Gasteiger partial charge in [-0.2, -0.15) is 0 Å². The minimum absolute atomic E-state index is 0.00278. The number of esters is 2. The molecule has 6 unspecified atom stereocenters. The fourth-order valence-electron chi connectivity index (χ4n) is 10.9. The summed E-state index contributed by atoms with van der Waals surface area (Å²) in [5.74, 6) is -0.569. The third kappa shape index (κ3) is 18.9. The minimum atomic E-state index is -1.37. The number of ketones is 3. The van der Waals surface area contributed by atoms with E-state index in [1.165, 1.54) is 37.4 Å². The van der Waals surface area contributed by atoms with Gasteiger partial charge in [-0.25, -0.2) is 14.4 Å². The van der Waals surface area contributed by atoms with Crippen molar-refractivity contribution >= 4 is 70.5 Å². The molecule has 0 amide bonds. The molecular weight excluding hydrogens is 1190 g/mol. The Morgan fingerprint density at radius 3 is 0.889 bits per heavy atom. The van der Waals surface area contributed by atoms with Gasteiger partial charge in [-0.15, -0.1) is 11.8 Å². The van der Waals surface area contributed by atoms with Gasteiger partial charge in [0.25, 0.3) is 0 Å². The highest BCUT2D eigenvalue weighted by Crippen LogP contribution is 2.36. The zero-order chi connectivity index (χ0) is 66.7. The number of carbonyl (C=O) groups excluding carboxylic acids is 5. The van der Waals surface area contributed by atoms with Gasteiger partial charge in [0, 0.05) is 49.1 Å². The molecule has 6 rings (SSSR count). The second-order valence-electron chi connectivity index (χ2n) is 26.0. The Balaban J connectivity index is 0.926. The molecule has 0 aliphatic rings. The number of aryl methyl sites for hydroxylation is 6. The van der Waals surface area contributed by atoms with Crippen LogP contribution in [-0.4, -0.2) is 75.3 Å². The summed E-state index contributed by atoms with van der Waals surface area (Å²) in [6.07, 6.45) is 4.05. The van der Waals surface area contributed by atoms with E-state index in [-0.39, 0.29) is 64.7 Å². The molecule has 6 atom stereocenters. The fraction of sp³-hybridized carbons (Fsp3) is 0.440. The second kappa shape index (κ2) is 31.0. The molecule has 0 spiro atoms. The first kappa shape index (κ1) is 72.3. The lowest BCUT2D eigenvalue weighted by Crippen LogP contribution is -2.40. The standard InChI is InChI=1S/C75H92O12S3/c1-43(52(10)64(76)58-20-26-61(88-19)27-21-58)33-56-37-48(6)68(49(7)38-56)86-74(15,16)71(81)83-42-90-63-30-24-60(25-31-63)66(78)54(12)45(3)34-57-39-50(8)69(51(9)40-57)87-75(17,18)72(82)84-41-89-62-28-22-59(23-29-62)65(77)53(11)44(2)32-55-35-46(4)67(47(5)36-55)85-73(13,14)70(79)80/h20-31,35-40,43-45,52-54H,32-34,41-42H2,1-19H3,(H,79,80). The number of hydrogen-bond acceptors (Lipinski definition) is 14. The molecule has 0 heterocycles. The second-order valence-corrected chi connectivity index (χ2v) is 28.9. The van der Waals surface area contributed by atoms with Gasteiger partial charge >= 0.3 is 17.9 Å². The molecule has 0 aliphatic carbocycles. The van der Waals surface area contributed by atoms with Crippen molar-refractivity contribution in [1.29, 1.82) is 0 Å². The summed E-state index contributed by atoms with van der Waals surface area (Å²) in [6, 6.07) is 34.7. The number of carboxylic acid groups (broad SMARTS) is 1. The normalized spacial score (nSPS) is 13.9. The molecule has 6 aromatic carbocycles. The summed E-state index contributed by atoms with van der Waals surface area (Å²) in [5.41, 5.74) is 6.38. The highest BCUT2D eigenvalue weighted by Gasteiger charge is 2.36. The third-order valence-electron chi connectivity index (χ3n) is 17.1. The molecule has 15 heteroatoms. The molecule has 6 aromatic rings. The van der Waals surface area contributed by atoms with Crippen LogP contribution < -0.4 is 14.2 Å². The van der Waals surface area contributed by atoms with Crippen LogP contribution in [0.2, 0.25) is 0 Å². The Hall–Kier alpha value is -6.81. The van der Waals surface area contributed by atoms with Crippen molar-refractivity contribution in [3.8, 4) is 17.2 Å². The fourth-order valence-corrected chi connectivity index (χ4v) is 12.6. The molecule has 0 saturated carbocycles. The maximum atomic E-state index is 13.8. The molecule has 12 nitrogen and oxygen atoms in total. The zero-order valence-corrected chi connectivity index (χ0v) is 58.5. The van der Waals surface area contributed by atoms with E-state index in [4.69, 9.17) is 23.7 Å². The van der Waals surface area contributed by atoms with Gasteiger partial charge in [-0.1, -0.05) is 138 Å². The van der Waals surface area contributed by atoms with E-state index >= 15 is 0 Å². The van der Waals surface area contributed by atoms with Gasteiger partial charge < -0.3 is 28.8 Å². The molecule has 90 heavy (non-hydrogen) atoms. The van der Waals surface area contributed by atoms with Crippen molar-refractivity contribution in [1.82, 2.24) is 0 Å². The van der Waals surface area contributed by atoms with E-state index in [0.29, 0.717) is 41.2 Å². The number of benzene rings is 6. The predicted octanol–water partition coefficient (Wildman–Crippen LogP) is 17.5. The van der Waals surface area contributed by atoms with E-state index in [2.05, 4.69) is 32.9 Å². The van der Waals surface area contributed by atoms with Gasteiger partial charge in [0.15, 0.2) is 34.2 Å². The van der Waals surface area contributed by atoms with Crippen molar-refractivity contribution in [2.45, 2.75) is 175 Å². The van der Waals surface area contributed by atoms with Gasteiger partial charge in [0.2, 0.25) is 0 Å². The van der Waals surface area contributed by atoms with Crippen molar-refractivity contribution in [2.24, 2.45) is 35.5 Å². The number of aliphatic carboxylic acids is 1. The Morgan fingerprint density at radius 2 is 0.644 bits per heavy atom.